The number of carboxylic acid groups (broad SMARTS) is 1. The number of rotatable bonds is 9. The third kappa shape index (κ3) is 7.17. The first kappa shape index (κ1) is 13.7. The van der Waals surface area contributed by atoms with Crippen LogP contribution >= 0.6 is 11.8 Å². The molecule has 84 valence electrons. The van der Waals surface area contributed by atoms with Gasteiger partial charge in [-0.05, 0) is 31.3 Å². The second-order valence-electron chi connectivity index (χ2n) is 2.91. The predicted octanol–water partition coefficient (Wildman–Crippen LogP) is 0.982. The van der Waals surface area contributed by atoms with Gasteiger partial charge >= 0.3 is 5.97 Å². The Labute approximate surface area is 88.6 Å². The van der Waals surface area contributed by atoms with Crippen molar-refractivity contribution < 1.29 is 19.7 Å². The maximum Gasteiger partial charge on any atom is 0.332 e. The fourth-order valence-electron chi connectivity index (χ4n) is 0.981. The van der Waals surface area contributed by atoms with Crippen LogP contribution in [0, 0.1) is 0 Å². The van der Waals surface area contributed by atoms with Gasteiger partial charge in [0.15, 0.2) is 6.10 Å². The monoisotopic (exact) mass is 222 g/mol. The molecule has 0 aromatic rings. The van der Waals surface area contributed by atoms with Crippen molar-refractivity contribution >= 4 is 17.7 Å². The van der Waals surface area contributed by atoms with Gasteiger partial charge in [-0.15, -0.1) is 0 Å². The van der Waals surface area contributed by atoms with Gasteiger partial charge in [-0.3, -0.25) is 0 Å². The number of hydrogen-bond acceptors (Lipinski definition) is 4. The van der Waals surface area contributed by atoms with Crippen LogP contribution in [0.25, 0.3) is 0 Å². The summed E-state index contributed by atoms with van der Waals surface area (Å²) in [6.45, 7) is 0.351. The molecule has 2 N–H and O–H groups in total. The molecule has 1 atom stereocenters. The first-order valence-corrected chi connectivity index (χ1v) is 6.06. The molecule has 1 unspecified atom stereocenters. The summed E-state index contributed by atoms with van der Waals surface area (Å²) < 4.78 is 5.12. The Balaban J connectivity index is 3.61. The molecule has 0 saturated carbocycles. The van der Waals surface area contributed by atoms with Gasteiger partial charge in [0.1, 0.15) is 0 Å². The molecule has 0 amide bonds. The van der Waals surface area contributed by atoms with Crippen molar-refractivity contribution in [3.63, 3.8) is 0 Å². The molecule has 0 aliphatic heterocycles. The van der Waals surface area contributed by atoms with Gasteiger partial charge in [0.25, 0.3) is 0 Å². The number of aliphatic hydroxyl groups excluding tert-OH is 1. The van der Waals surface area contributed by atoms with Crippen LogP contribution in [0.5, 0.6) is 0 Å². The standard InChI is InChI=1S/C9H18O4S/c1-14-7-2-4-8(9(11)12)13-6-3-5-10/h8,10H,2-7H2,1H3,(H,11,12). The maximum absolute atomic E-state index is 10.7. The Morgan fingerprint density at radius 2 is 2.21 bits per heavy atom. The summed E-state index contributed by atoms with van der Waals surface area (Å²) in [6, 6.07) is 0. The molecule has 0 rings (SSSR count). The number of aliphatic hydroxyl groups is 1. The number of carboxylic acids is 1. The van der Waals surface area contributed by atoms with Crippen molar-refractivity contribution in [1.29, 1.82) is 0 Å². The van der Waals surface area contributed by atoms with E-state index >= 15 is 0 Å². The van der Waals surface area contributed by atoms with Crippen molar-refractivity contribution in [3.05, 3.63) is 0 Å². The van der Waals surface area contributed by atoms with Gasteiger partial charge in [-0.2, -0.15) is 11.8 Å². The van der Waals surface area contributed by atoms with Crippen LogP contribution in [0.2, 0.25) is 0 Å². The summed E-state index contributed by atoms with van der Waals surface area (Å²) in [5.74, 6) is 0.0386. The first-order chi connectivity index (χ1) is 6.72. The summed E-state index contributed by atoms with van der Waals surface area (Å²) >= 11 is 1.70. The highest BCUT2D eigenvalue weighted by atomic mass is 32.2. The van der Waals surface area contributed by atoms with Gasteiger partial charge in [-0.1, -0.05) is 0 Å². The van der Waals surface area contributed by atoms with Crippen LogP contribution in [0.1, 0.15) is 19.3 Å². The fourth-order valence-corrected chi connectivity index (χ4v) is 1.44. The molecule has 0 aromatic heterocycles. The lowest BCUT2D eigenvalue weighted by Crippen LogP contribution is -2.24. The lowest BCUT2D eigenvalue weighted by Gasteiger charge is -2.12. The minimum absolute atomic E-state index is 0.0388. The van der Waals surface area contributed by atoms with E-state index in [-0.39, 0.29) is 6.61 Å². The van der Waals surface area contributed by atoms with E-state index in [0.29, 0.717) is 19.4 Å². The summed E-state index contributed by atoms with van der Waals surface area (Å²) in [5.41, 5.74) is 0. The largest absolute Gasteiger partial charge is 0.479 e. The lowest BCUT2D eigenvalue weighted by molar-refractivity contribution is -0.151. The molecular weight excluding hydrogens is 204 g/mol. The minimum Gasteiger partial charge on any atom is -0.479 e. The molecule has 14 heavy (non-hydrogen) atoms. The average Bonchev–Trinajstić information content (AvgIpc) is 2.15. The van der Waals surface area contributed by atoms with E-state index in [9.17, 15) is 4.79 Å². The fraction of sp³-hybridized carbons (Fsp3) is 0.889. The summed E-state index contributed by atoms with van der Waals surface area (Å²) in [5, 5.41) is 17.3. The van der Waals surface area contributed by atoms with E-state index in [1.807, 2.05) is 6.26 Å². The Morgan fingerprint density at radius 1 is 1.50 bits per heavy atom. The normalized spacial score (nSPS) is 12.7. The second-order valence-corrected chi connectivity index (χ2v) is 3.90. The Hall–Kier alpha value is -0.260. The summed E-state index contributed by atoms with van der Waals surface area (Å²) in [4.78, 5) is 10.7. The van der Waals surface area contributed by atoms with Gasteiger partial charge in [0.05, 0.1) is 0 Å². The molecule has 0 aliphatic rings. The topological polar surface area (TPSA) is 66.8 Å². The van der Waals surface area contributed by atoms with Crippen LogP contribution in [0.15, 0.2) is 0 Å². The molecule has 0 saturated heterocycles. The highest BCUT2D eigenvalue weighted by Crippen LogP contribution is 2.07. The second kappa shape index (κ2) is 9.30. The zero-order valence-corrected chi connectivity index (χ0v) is 9.26. The SMILES string of the molecule is CSCCCC(OCCCO)C(=O)O. The summed E-state index contributed by atoms with van der Waals surface area (Å²) in [6.07, 6.45) is 3.15. The first-order valence-electron chi connectivity index (χ1n) is 4.66. The number of aliphatic carboxylic acids is 1. The number of hydrogen-bond donors (Lipinski definition) is 2. The van der Waals surface area contributed by atoms with Crippen molar-refractivity contribution in [2.24, 2.45) is 0 Å². The van der Waals surface area contributed by atoms with E-state index in [1.54, 1.807) is 11.8 Å². The van der Waals surface area contributed by atoms with Crippen LogP contribution in [0.4, 0.5) is 0 Å². The Kier molecular flexibility index (Phi) is 9.13. The quantitative estimate of drug-likeness (QED) is 0.569. The van der Waals surface area contributed by atoms with Gasteiger partial charge < -0.3 is 14.9 Å². The molecule has 0 aliphatic carbocycles. The van der Waals surface area contributed by atoms with Crippen LogP contribution in [-0.4, -0.2) is 47.5 Å². The van der Waals surface area contributed by atoms with Gasteiger partial charge in [0.2, 0.25) is 0 Å². The number of ether oxygens (including phenoxy) is 1. The Bertz CT molecular complexity index is 142. The number of thioether (sulfide) groups is 1. The third-order valence-corrected chi connectivity index (χ3v) is 2.41. The van der Waals surface area contributed by atoms with Crippen LogP contribution in [0.3, 0.4) is 0 Å². The van der Waals surface area contributed by atoms with Crippen LogP contribution < -0.4 is 0 Å². The minimum atomic E-state index is -0.913. The molecule has 0 spiro atoms. The van der Waals surface area contributed by atoms with E-state index in [0.717, 1.165) is 12.2 Å². The van der Waals surface area contributed by atoms with E-state index in [4.69, 9.17) is 14.9 Å². The third-order valence-electron chi connectivity index (χ3n) is 1.71. The average molecular weight is 222 g/mol. The van der Waals surface area contributed by atoms with Crippen molar-refractivity contribution in [1.82, 2.24) is 0 Å². The van der Waals surface area contributed by atoms with E-state index in [1.165, 1.54) is 0 Å². The highest BCUT2D eigenvalue weighted by molar-refractivity contribution is 7.98. The molecular formula is C9H18O4S. The van der Waals surface area contributed by atoms with Crippen molar-refractivity contribution in [2.75, 3.05) is 25.2 Å². The molecule has 4 nitrogen and oxygen atoms in total. The molecule has 0 bridgehead atoms. The molecule has 0 radical (unpaired) electrons. The van der Waals surface area contributed by atoms with Gasteiger partial charge in [-0.25, -0.2) is 4.79 Å². The Morgan fingerprint density at radius 3 is 2.71 bits per heavy atom. The smallest absolute Gasteiger partial charge is 0.332 e. The number of carbonyl (C=O) groups is 1. The maximum atomic E-state index is 10.7. The molecule has 0 aromatic carbocycles. The predicted molar refractivity (Wildman–Crippen MR) is 56.7 cm³/mol. The molecule has 0 heterocycles. The highest BCUT2D eigenvalue weighted by Gasteiger charge is 2.16. The van der Waals surface area contributed by atoms with E-state index < -0.39 is 12.1 Å². The summed E-state index contributed by atoms with van der Waals surface area (Å²) in [7, 11) is 0. The van der Waals surface area contributed by atoms with Gasteiger partial charge in [0, 0.05) is 13.2 Å². The van der Waals surface area contributed by atoms with Crippen LogP contribution in [-0.2, 0) is 9.53 Å². The molecule has 5 heteroatoms. The van der Waals surface area contributed by atoms with Crippen molar-refractivity contribution in [2.45, 2.75) is 25.4 Å². The zero-order valence-electron chi connectivity index (χ0n) is 8.44. The lowest BCUT2D eigenvalue weighted by atomic mass is 10.2. The zero-order chi connectivity index (χ0) is 10.8. The van der Waals surface area contributed by atoms with E-state index in [2.05, 4.69) is 0 Å². The van der Waals surface area contributed by atoms with Crippen molar-refractivity contribution in [3.8, 4) is 0 Å². The molecule has 0 fully saturated rings.